The molecule has 0 bridgehead atoms. The number of nitrogens with one attached hydrogen (secondary N) is 1. The van der Waals surface area contributed by atoms with Crippen LogP contribution in [0.1, 0.15) is 0 Å². The van der Waals surface area contributed by atoms with Crippen LogP contribution in [0.25, 0.3) is 0 Å². The van der Waals surface area contributed by atoms with Gasteiger partial charge in [0, 0.05) is 5.02 Å². The first-order chi connectivity index (χ1) is 9.13. The third kappa shape index (κ3) is 4.15. The predicted molar refractivity (Wildman–Crippen MR) is 74.2 cm³/mol. The summed E-state index contributed by atoms with van der Waals surface area (Å²) in [4.78, 5) is 15.5. The highest BCUT2D eigenvalue weighted by Gasteiger charge is 2.04. The number of pyridine rings is 1. The minimum Gasteiger partial charge on any atom is -0.484 e. The Hall–Kier alpha value is -2.27. The number of nitrogen functional groups attached to an aromatic ring is 1. The number of anilines is 2. The van der Waals surface area contributed by atoms with E-state index >= 15 is 0 Å². The van der Waals surface area contributed by atoms with E-state index in [9.17, 15) is 4.79 Å². The third-order valence-electron chi connectivity index (χ3n) is 2.25. The Kier molecular flexibility index (Phi) is 4.20. The molecule has 2 aromatic rings. The first-order valence-electron chi connectivity index (χ1n) is 5.53. The summed E-state index contributed by atoms with van der Waals surface area (Å²) in [6.07, 6.45) is 1.48. The lowest BCUT2D eigenvalue weighted by molar-refractivity contribution is -0.118. The SMILES string of the molecule is Nc1ccc(NC(=O)COc2ccc(Cl)cc2)cn1. The number of halogens is 1. The maximum absolute atomic E-state index is 11.6. The first-order valence-corrected chi connectivity index (χ1v) is 5.91. The topological polar surface area (TPSA) is 77.2 Å². The average Bonchev–Trinajstić information content (AvgIpc) is 2.41. The van der Waals surface area contributed by atoms with E-state index < -0.39 is 0 Å². The summed E-state index contributed by atoms with van der Waals surface area (Å²) in [6, 6.07) is 10.1. The molecule has 5 nitrogen and oxygen atoms in total. The molecule has 98 valence electrons. The Balaban J connectivity index is 1.84. The second kappa shape index (κ2) is 6.06. The van der Waals surface area contributed by atoms with Crippen molar-refractivity contribution in [3.8, 4) is 5.75 Å². The van der Waals surface area contributed by atoms with Gasteiger partial charge in [0.2, 0.25) is 0 Å². The van der Waals surface area contributed by atoms with Crippen molar-refractivity contribution >= 4 is 29.0 Å². The van der Waals surface area contributed by atoms with Gasteiger partial charge in [-0.3, -0.25) is 4.79 Å². The number of hydrogen-bond acceptors (Lipinski definition) is 4. The van der Waals surface area contributed by atoms with Crippen LogP contribution in [-0.4, -0.2) is 17.5 Å². The quantitative estimate of drug-likeness (QED) is 0.899. The van der Waals surface area contributed by atoms with Gasteiger partial charge in [0.05, 0.1) is 11.9 Å². The van der Waals surface area contributed by atoms with E-state index in [-0.39, 0.29) is 12.5 Å². The molecule has 0 saturated carbocycles. The number of aromatic nitrogens is 1. The van der Waals surface area contributed by atoms with Crippen LogP contribution in [0.4, 0.5) is 11.5 Å². The van der Waals surface area contributed by atoms with Gasteiger partial charge in [-0.15, -0.1) is 0 Å². The zero-order chi connectivity index (χ0) is 13.7. The molecule has 0 saturated heterocycles. The average molecular weight is 278 g/mol. The number of hydrogen-bond donors (Lipinski definition) is 2. The molecule has 0 aliphatic rings. The van der Waals surface area contributed by atoms with Crippen LogP contribution in [0.2, 0.25) is 5.02 Å². The number of nitrogens with zero attached hydrogens (tertiary/aromatic N) is 1. The van der Waals surface area contributed by atoms with Crippen molar-refractivity contribution < 1.29 is 9.53 Å². The monoisotopic (exact) mass is 277 g/mol. The number of rotatable bonds is 4. The van der Waals surface area contributed by atoms with Crippen molar-refractivity contribution in [1.82, 2.24) is 4.98 Å². The highest BCUT2D eigenvalue weighted by Crippen LogP contribution is 2.15. The standard InChI is InChI=1S/C13H12ClN3O2/c14-9-1-4-11(5-2-9)19-8-13(18)17-10-3-6-12(15)16-7-10/h1-7H,8H2,(H2,15,16)(H,17,18). The van der Waals surface area contributed by atoms with Crippen molar-refractivity contribution in [2.45, 2.75) is 0 Å². The van der Waals surface area contributed by atoms with Gasteiger partial charge < -0.3 is 15.8 Å². The maximum atomic E-state index is 11.6. The van der Waals surface area contributed by atoms with Crippen LogP contribution >= 0.6 is 11.6 Å². The van der Waals surface area contributed by atoms with Crippen molar-refractivity contribution in [2.75, 3.05) is 17.7 Å². The minimum atomic E-state index is -0.276. The third-order valence-corrected chi connectivity index (χ3v) is 2.51. The summed E-state index contributed by atoms with van der Waals surface area (Å²) in [5.41, 5.74) is 6.01. The fourth-order valence-corrected chi connectivity index (χ4v) is 1.48. The number of amides is 1. The highest BCUT2D eigenvalue weighted by molar-refractivity contribution is 6.30. The van der Waals surface area contributed by atoms with Gasteiger partial charge in [0.15, 0.2) is 6.61 Å². The van der Waals surface area contributed by atoms with Crippen LogP contribution in [0.15, 0.2) is 42.6 Å². The molecule has 6 heteroatoms. The fourth-order valence-electron chi connectivity index (χ4n) is 1.36. The van der Waals surface area contributed by atoms with Crippen molar-refractivity contribution in [1.29, 1.82) is 0 Å². The Morgan fingerprint density at radius 1 is 1.26 bits per heavy atom. The Bertz CT molecular complexity index is 555. The molecule has 0 unspecified atom stereocenters. The Morgan fingerprint density at radius 3 is 2.63 bits per heavy atom. The molecule has 0 fully saturated rings. The molecule has 0 aliphatic carbocycles. The summed E-state index contributed by atoms with van der Waals surface area (Å²) in [5.74, 6) is 0.701. The van der Waals surface area contributed by atoms with Gasteiger partial charge in [0.25, 0.3) is 5.91 Å². The molecule has 0 radical (unpaired) electrons. The van der Waals surface area contributed by atoms with Crippen molar-refractivity contribution in [3.05, 3.63) is 47.6 Å². The van der Waals surface area contributed by atoms with Gasteiger partial charge in [-0.25, -0.2) is 4.98 Å². The number of carbonyl (C=O) groups is 1. The molecule has 1 amide bonds. The zero-order valence-corrected chi connectivity index (χ0v) is 10.7. The molecule has 0 spiro atoms. The molecular weight excluding hydrogens is 266 g/mol. The minimum absolute atomic E-state index is 0.0913. The molecular formula is C13H12ClN3O2. The van der Waals surface area contributed by atoms with Crippen LogP contribution in [0.3, 0.4) is 0 Å². The molecule has 3 N–H and O–H groups in total. The van der Waals surface area contributed by atoms with Crippen molar-refractivity contribution in [2.24, 2.45) is 0 Å². The van der Waals surface area contributed by atoms with Crippen LogP contribution in [0.5, 0.6) is 5.75 Å². The maximum Gasteiger partial charge on any atom is 0.262 e. The Morgan fingerprint density at radius 2 is 2.00 bits per heavy atom. The fraction of sp³-hybridized carbons (Fsp3) is 0.0769. The lowest BCUT2D eigenvalue weighted by atomic mass is 10.3. The summed E-state index contributed by atoms with van der Waals surface area (Å²) in [6.45, 7) is -0.0913. The smallest absolute Gasteiger partial charge is 0.262 e. The van der Waals surface area contributed by atoms with E-state index in [0.717, 1.165) is 0 Å². The second-order valence-electron chi connectivity index (χ2n) is 3.76. The highest BCUT2D eigenvalue weighted by atomic mass is 35.5. The summed E-state index contributed by atoms with van der Waals surface area (Å²) >= 11 is 5.74. The van der Waals surface area contributed by atoms with Crippen LogP contribution < -0.4 is 15.8 Å². The zero-order valence-electron chi connectivity index (χ0n) is 9.97. The molecule has 1 heterocycles. The summed E-state index contributed by atoms with van der Waals surface area (Å²) in [5, 5.41) is 3.26. The van der Waals surface area contributed by atoms with Gasteiger partial charge >= 0.3 is 0 Å². The van der Waals surface area contributed by atoms with E-state index in [2.05, 4.69) is 10.3 Å². The lowest BCUT2D eigenvalue weighted by Crippen LogP contribution is -2.20. The van der Waals surface area contributed by atoms with Crippen LogP contribution in [-0.2, 0) is 4.79 Å². The molecule has 1 aromatic heterocycles. The number of carbonyl (C=O) groups excluding carboxylic acids is 1. The summed E-state index contributed by atoms with van der Waals surface area (Å²) in [7, 11) is 0. The van der Waals surface area contributed by atoms with Gasteiger partial charge in [-0.05, 0) is 36.4 Å². The van der Waals surface area contributed by atoms with E-state index in [1.165, 1.54) is 6.20 Å². The lowest BCUT2D eigenvalue weighted by Gasteiger charge is -2.07. The van der Waals surface area contributed by atoms with E-state index in [1.54, 1.807) is 36.4 Å². The molecule has 19 heavy (non-hydrogen) atoms. The molecule has 0 atom stereocenters. The largest absolute Gasteiger partial charge is 0.484 e. The van der Waals surface area contributed by atoms with Gasteiger partial charge in [0.1, 0.15) is 11.6 Å². The van der Waals surface area contributed by atoms with E-state index in [4.69, 9.17) is 22.1 Å². The van der Waals surface area contributed by atoms with Crippen LogP contribution in [0, 0.1) is 0 Å². The normalized spacial score (nSPS) is 9.95. The number of ether oxygens (including phenoxy) is 1. The van der Waals surface area contributed by atoms with E-state index in [1.807, 2.05) is 0 Å². The van der Waals surface area contributed by atoms with Gasteiger partial charge in [-0.2, -0.15) is 0 Å². The predicted octanol–water partition coefficient (Wildman–Crippen LogP) is 2.33. The second-order valence-corrected chi connectivity index (χ2v) is 4.20. The van der Waals surface area contributed by atoms with Crippen molar-refractivity contribution in [3.63, 3.8) is 0 Å². The molecule has 2 rings (SSSR count). The Labute approximate surface area is 115 Å². The van der Waals surface area contributed by atoms with E-state index in [0.29, 0.717) is 22.3 Å². The first kappa shape index (κ1) is 13.2. The summed E-state index contributed by atoms with van der Waals surface area (Å²) < 4.78 is 5.30. The molecule has 0 aliphatic heterocycles. The van der Waals surface area contributed by atoms with Gasteiger partial charge in [-0.1, -0.05) is 11.6 Å². The molecule has 1 aromatic carbocycles. The number of benzene rings is 1. The number of nitrogens with two attached hydrogens (primary N) is 1.